The first kappa shape index (κ1) is 28.8. The predicted octanol–water partition coefficient (Wildman–Crippen LogP) is 4.81. The third kappa shape index (κ3) is 6.20. The second-order valence-electron chi connectivity index (χ2n) is 8.83. The molecule has 3 N–H and O–H groups in total. The van der Waals surface area contributed by atoms with Crippen LogP contribution in [0.3, 0.4) is 0 Å². The number of ether oxygens (including phenoxy) is 1. The zero-order valence-corrected chi connectivity index (χ0v) is 23.5. The van der Waals surface area contributed by atoms with Gasteiger partial charge in [0.05, 0.1) is 34.8 Å². The number of amides is 1. The van der Waals surface area contributed by atoms with E-state index in [4.69, 9.17) is 4.74 Å². The Morgan fingerprint density at radius 2 is 1.68 bits per heavy atom. The highest BCUT2D eigenvalue weighted by atomic mass is 32.2. The van der Waals surface area contributed by atoms with Crippen LogP contribution in [-0.4, -0.2) is 35.9 Å². The van der Waals surface area contributed by atoms with Gasteiger partial charge in [-0.2, -0.15) is 5.11 Å². The Balaban J connectivity index is 1.59. The Hall–Kier alpha value is -5.17. The van der Waals surface area contributed by atoms with Crippen molar-refractivity contribution in [2.45, 2.75) is 18.7 Å². The third-order valence-corrected chi connectivity index (χ3v) is 7.44. The van der Waals surface area contributed by atoms with Gasteiger partial charge in [-0.15, -0.1) is 5.11 Å². The third-order valence-electron chi connectivity index (χ3n) is 6.10. The molecule has 0 atom stereocenters. The molecule has 0 aliphatic rings. The van der Waals surface area contributed by atoms with E-state index < -0.39 is 27.2 Å². The second-order valence-corrected chi connectivity index (χ2v) is 10.5. The number of sulfonamides is 1. The number of para-hydroxylation sites is 3. The number of azo groups is 1. The van der Waals surface area contributed by atoms with Gasteiger partial charge in [0.25, 0.3) is 21.5 Å². The Morgan fingerprint density at radius 1 is 1.00 bits per heavy atom. The fourth-order valence-corrected chi connectivity index (χ4v) is 5.07. The molecule has 0 fully saturated rings. The first-order valence-electron chi connectivity index (χ1n) is 12.3. The topological polar surface area (TPSA) is 156 Å². The van der Waals surface area contributed by atoms with Gasteiger partial charge in [-0.3, -0.25) is 19.0 Å². The highest BCUT2D eigenvalue weighted by molar-refractivity contribution is 7.92. The number of nitrogens with one attached hydrogen (secondary N) is 2. The molecule has 0 radical (unpaired) electrons. The van der Waals surface area contributed by atoms with Crippen molar-refractivity contribution in [1.82, 2.24) is 9.36 Å². The molecule has 13 heteroatoms. The molecule has 0 aliphatic carbocycles. The van der Waals surface area contributed by atoms with Crippen LogP contribution in [0, 0.1) is 6.92 Å². The molecule has 1 heterocycles. The molecule has 4 rings (SSSR count). The van der Waals surface area contributed by atoms with Crippen LogP contribution in [0.2, 0.25) is 0 Å². The van der Waals surface area contributed by atoms with E-state index in [1.165, 1.54) is 43.0 Å². The number of aromatic nitrogens is 2. The summed E-state index contributed by atoms with van der Waals surface area (Å²) in [6, 6.07) is 21.0. The number of carbonyl (C=O) groups excluding carboxylic acids is 1. The number of anilines is 2. The maximum absolute atomic E-state index is 13.3. The summed E-state index contributed by atoms with van der Waals surface area (Å²) in [6.07, 6.45) is 0. The molecule has 0 saturated heterocycles. The lowest BCUT2D eigenvalue weighted by Crippen LogP contribution is -2.23. The number of rotatable bonds is 9. The van der Waals surface area contributed by atoms with Gasteiger partial charge in [0.2, 0.25) is 0 Å². The Kier molecular flexibility index (Phi) is 8.38. The number of benzene rings is 3. The number of carbonyl (C=O) groups is 1. The van der Waals surface area contributed by atoms with Crippen LogP contribution < -0.4 is 20.3 Å². The number of aliphatic hydroxyl groups is 1. The SMILES string of the molecule is COc1ccccc1NC(=O)/C(N=Nc1cccc(S(=O)(=O)Nc2c(C)n(C)n(-c3ccccc3)c2=O)c1)=C(\C)O. The van der Waals surface area contributed by atoms with Crippen LogP contribution in [0.25, 0.3) is 5.69 Å². The van der Waals surface area contributed by atoms with Crippen LogP contribution in [0.1, 0.15) is 12.6 Å². The van der Waals surface area contributed by atoms with E-state index in [2.05, 4.69) is 20.3 Å². The summed E-state index contributed by atoms with van der Waals surface area (Å²) in [7, 11) is -1.11. The molecule has 1 aromatic heterocycles. The number of hydrogen-bond acceptors (Lipinski definition) is 8. The molecule has 4 aromatic rings. The Labute approximate surface area is 236 Å². The van der Waals surface area contributed by atoms with Crippen molar-refractivity contribution in [1.29, 1.82) is 0 Å². The minimum absolute atomic E-state index is 0.0863. The lowest BCUT2D eigenvalue weighted by molar-refractivity contribution is -0.113. The van der Waals surface area contributed by atoms with Crippen LogP contribution in [-0.2, 0) is 21.9 Å². The van der Waals surface area contributed by atoms with E-state index >= 15 is 0 Å². The summed E-state index contributed by atoms with van der Waals surface area (Å²) in [4.78, 5) is 25.8. The first-order valence-corrected chi connectivity index (χ1v) is 13.7. The molecular formula is C28H28N6O6S. The quantitative estimate of drug-likeness (QED) is 0.148. The fraction of sp³-hybridized carbons (Fsp3) is 0.143. The maximum Gasteiger partial charge on any atom is 0.296 e. The van der Waals surface area contributed by atoms with Gasteiger partial charge in [0.15, 0.2) is 5.70 Å². The maximum atomic E-state index is 13.3. The standard InChI is InChI=1S/C28H28N6O6S/c1-18-25(28(37)34(33(18)3)21-12-6-5-7-13-21)32-41(38,39)22-14-10-11-20(17-22)30-31-26(19(2)35)27(36)29-23-15-8-9-16-24(23)40-4/h5-17,32,35H,1-4H3,(H,29,36)/b26-19-,31-30?. The smallest absolute Gasteiger partial charge is 0.296 e. The normalized spacial score (nSPS) is 12.2. The number of aliphatic hydroxyl groups excluding tert-OH is 1. The monoisotopic (exact) mass is 576 g/mol. The summed E-state index contributed by atoms with van der Waals surface area (Å²) in [5, 5.41) is 20.5. The largest absolute Gasteiger partial charge is 0.510 e. The highest BCUT2D eigenvalue weighted by Crippen LogP contribution is 2.26. The van der Waals surface area contributed by atoms with E-state index in [-0.39, 0.29) is 22.0 Å². The van der Waals surface area contributed by atoms with Gasteiger partial charge in [0, 0.05) is 7.05 Å². The van der Waals surface area contributed by atoms with Crippen molar-refractivity contribution in [2.75, 3.05) is 17.1 Å². The molecule has 0 spiro atoms. The summed E-state index contributed by atoms with van der Waals surface area (Å²) in [5.74, 6) is -0.749. The Morgan fingerprint density at radius 3 is 2.37 bits per heavy atom. The molecule has 0 aliphatic heterocycles. The first-order chi connectivity index (χ1) is 19.5. The number of methoxy groups -OCH3 is 1. The fourth-order valence-electron chi connectivity index (χ4n) is 3.91. The lowest BCUT2D eigenvalue weighted by atomic mass is 10.2. The molecule has 3 aromatic carbocycles. The number of nitrogens with zero attached hydrogens (tertiary/aromatic N) is 4. The average Bonchev–Trinajstić information content (AvgIpc) is 3.16. The van der Waals surface area contributed by atoms with Crippen molar-refractivity contribution in [3.05, 3.63) is 106 Å². The predicted molar refractivity (Wildman–Crippen MR) is 154 cm³/mol. The van der Waals surface area contributed by atoms with E-state index in [1.807, 2.05) is 6.07 Å². The lowest BCUT2D eigenvalue weighted by Gasteiger charge is -2.10. The molecule has 1 amide bonds. The van der Waals surface area contributed by atoms with E-state index in [0.29, 0.717) is 22.8 Å². The van der Waals surface area contributed by atoms with Gasteiger partial charge in [-0.25, -0.2) is 13.1 Å². The molecule has 41 heavy (non-hydrogen) atoms. The molecule has 0 bridgehead atoms. The summed E-state index contributed by atoms with van der Waals surface area (Å²) in [6.45, 7) is 2.90. The molecular weight excluding hydrogens is 548 g/mol. The van der Waals surface area contributed by atoms with Crippen LogP contribution in [0.5, 0.6) is 5.75 Å². The molecule has 12 nitrogen and oxygen atoms in total. The van der Waals surface area contributed by atoms with Crippen molar-refractivity contribution < 1.29 is 23.1 Å². The van der Waals surface area contributed by atoms with Gasteiger partial charge in [-0.1, -0.05) is 36.4 Å². The number of allylic oxidation sites excluding steroid dienone is 1. The Bertz CT molecular complexity index is 1820. The summed E-state index contributed by atoms with van der Waals surface area (Å²) < 4.78 is 37.1. The second kappa shape index (κ2) is 11.9. The van der Waals surface area contributed by atoms with Crippen molar-refractivity contribution >= 4 is 33.0 Å². The number of hydrogen-bond donors (Lipinski definition) is 3. The molecule has 0 unspecified atom stereocenters. The minimum Gasteiger partial charge on any atom is -0.510 e. The van der Waals surface area contributed by atoms with Gasteiger partial charge in [0.1, 0.15) is 17.2 Å². The zero-order chi connectivity index (χ0) is 29.7. The van der Waals surface area contributed by atoms with Gasteiger partial charge >= 0.3 is 0 Å². The van der Waals surface area contributed by atoms with Gasteiger partial charge < -0.3 is 15.2 Å². The van der Waals surface area contributed by atoms with Crippen molar-refractivity contribution in [2.24, 2.45) is 17.3 Å². The zero-order valence-electron chi connectivity index (χ0n) is 22.7. The minimum atomic E-state index is -4.22. The molecule has 0 saturated carbocycles. The highest BCUT2D eigenvalue weighted by Gasteiger charge is 2.23. The van der Waals surface area contributed by atoms with E-state index in [1.54, 1.807) is 67.2 Å². The molecule has 212 valence electrons. The summed E-state index contributed by atoms with van der Waals surface area (Å²) in [5.41, 5.74) is 0.408. The van der Waals surface area contributed by atoms with Crippen LogP contribution in [0.4, 0.5) is 17.1 Å². The van der Waals surface area contributed by atoms with Gasteiger partial charge in [-0.05, 0) is 56.3 Å². The van der Waals surface area contributed by atoms with E-state index in [9.17, 15) is 23.1 Å². The van der Waals surface area contributed by atoms with Crippen molar-refractivity contribution in [3.63, 3.8) is 0 Å². The van der Waals surface area contributed by atoms with Crippen LogP contribution in [0.15, 0.2) is 110 Å². The van der Waals surface area contributed by atoms with Crippen LogP contribution >= 0.6 is 0 Å². The van der Waals surface area contributed by atoms with E-state index in [0.717, 1.165) is 0 Å². The summed E-state index contributed by atoms with van der Waals surface area (Å²) >= 11 is 0. The van der Waals surface area contributed by atoms with Crippen molar-refractivity contribution in [3.8, 4) is 11.4 Å². The average molecular weight is 577 g/mol.